The fourth-order valence-electron chi connectivity index (χ4n) is 1.06. The Bertz CT molecular complexity index is 392. The van der Waals surface area contributed by atoms with E-state index in [1.807, 2.05) is 0 Å². The molecule has 1 aromatic rings. The van der Waals surface area contributed by atoms with Crippen LogP contribution in [0.4, 0.5) is 13.2 Å². The van der Waals surface area contributed by atoms with E-state index in [0.717, 1.165) is 10.7 Å². The van der Waals surface area contributed by atoms with Gasteiger partial charge in [-0.3, -0.25) is 4.68 Å². The number of hydrogen-bond acceptors (Lipinski definition) is 4. The van der Waals surface area contributed by atoms with Crippen molar-refractivity contribution >= 4 is 5.97 Å². The average Bonchev–Trinajstić information content (AvgIpc) is 2.44. The van der Waals surface area contributed by atoms with Gasteiger partial charge in [-0.1, -0.05) is 0 Å². The van der Waals surface area contributed by atoms with Gasteiger partial charge in [0, 0.05) is 7.05 Å². The summed E-state index contributed by atoms with van der Waals surface area (Å²) in [6, 6.07) is 1.10. The Morgan fingerprint density at radius 1 is 1.59 bits per heavy atom. The third-order valence-corrected chi connectivity index (χ3v) is 1.66. The molecule has 0 N–H and O–H groups in total. The molecule has 0 bridgehead atoms. The fraction of sp³-hybridized carbons (Fsp3) is 0.500. The Morgan fingerprint density at radius 2 is 2.18 bits per heavy atom. The molecule has 0 aliphatic rings. The van der Waals surface area contributed by atoms with Crippen LogP contribution in [0.5, 0.6) is 0 Å². The summed E-state index contributed by atoms with van der Waals surface area (Å²) in [6.07, 6.45) is -4.41. The largest absolute Gasteiger partial charge is 1.00 e. The van der Waals surface area contributed by atoms with Gasteiger partial charge in [-0.2, -0.15) is 18.3 Å². The third kappa shape index (κ3) is 5.26. The Balaban J connectivity index is 0.00000256. The van der Waals surface area contributed by atoms with E-state index < -0.39 is 25.4 Å². The Labute approximate surface area is 107 Å². The Hall–Kier alpha value is -0.973. The summed E-state index contributed by atoms with van der Waals surface area (Å²) < 4.78 is 40.5. The summed E-state index contributed by atoms with van der Waals surface area (Å²) in [4.78, 5) is 10.5. The first-order valence-electron chi connectivity index (χ1n) is 4.18. The van der Waals surface area contributed by atoms with E-state index in [1.165, 1.54) is 7.05 Å². The predicted molar refractivity (Wildman–Crippen MR) is 43.2 cm³/mol. The topological polar surface area (TPSA) is 67.2 Å². The Kier molecular flexibility index (Phi) is 5.75. The summed E-state index contributed by atoms with van der Waals surface area (Å²) in [5.41, 5.74) is -0.114. The van der Waals surface area contributed by atoms with Gasteiger partial charge < -0.3 is 14.6 Å². The second-order valence-corrected chi connectivity index (χ2v) is 3.04. The molecular formula is C8H8F3LiN2O3. The van der Waals surface area contributed by atoms with Crippen LogP contribution in [0.25, 0.3) is 0 Å². The number of aromatic carboxylic acids is 1. The van der Waals surface area contributed by atoms with Gasteiger partial charge in [0.25, 0.3) is 0 Å². The van der Waals surface area contributed by atoms with Gasteiger partial charge in [0.2, 0.25) is 0 Å². The van der Waals surface area contributed by atoms with E-state index in [-0.39, 0.29) is 30.2 Å². The summed E-state index contributed by atoms with van der Waals surface area (Å²) >= 11 is 0. The minimum absolute atomic E-state index is 0. The van der Waals surface area contributed by atoms with E-state index in [0.29, 0.717) is 0 Å². The van der Waals surface area contributed by atoms with Crippen LogP contribution in [0.2, 0.25) is 0 Å². The van der Waals surface area contributed by atoms with Crippen molar-refractivity contribution < 1.29 is 46.7 Å². The van der Waals surface area contributed by atoms with Crippen LogP contribution in [0.1, 0.15) is 16.2 Å². The maximum Gasteiger partial charge on any atom is 1.00 e. The Morgan fingerprint density at radius 3 is 2.59 bits per heavy atom. The van der Waals surface area contributed by atoms with Crippen molar-refractivity contribution in [2.24, 2.45) is 7.05 Å². The normalized spacial score (nSPS) is 11.1. The number of carbonyl (C=O) groups is 1. The number of ether oxygens (including phenoxy) is 1. The first-order valence-corrected chi connectivity index (χ1v) is 4.18. The molecular weight excluding hydrogens is 236 g/mol. The van der Waals surface area contributed by atoms with Gasteiger partial charge in [0.15, 0.2) is 0 Å². The molecule has 0 fully saturated rings. The molecule has 0 spiro atoms. The van der Waals surface area contributed by atoms with Crippen LogP contribution in [0.3, 0.4) is 0 Å². The number of halogens is 3. The molecule has 1 rings (SSSR count). The summed E-state index contributed by atoms with van der Waals surface area (Å²) in [5, 5.41) is 14.1. The first-order chi connectivity index (χ1) is 7.29. The SMILES string of the molecule is Cn1nc(COCC(F)(F)F)cc1C(=O)[O-].[Li+]. The van der Waals surface area contributed by atoms with Gasteiger partial charge in [-0.15, -0.1) is 0 Å². The van der Waals surface area contributed by atoms with Crippen LogP contribution < -0.4 is 24.0 Å². The quantitative estimate of drug-likeness (QED) is 0.525. The van der Waals surface area contributed by atoms with Crippen molar-refractivity contribution in [3.8, 4) is 0 Å². The van der Waals surface area contributed by atoms with Crippen molar-refractivity contribution in [2.45, 2.75) is 12.8 Å². The van der Waals surface area contributed by atoms with Crippen molar-refractivity contribution in [1.82, 2.24) is 9.78 Å². The number of carboxylic acids is 1. The molecule has 0 amide bonds. The van der Waals surface area contributed by atoms with E-state index in [4.69, 9.17) is 0 Å². The van der Waals surface area contributed by atoms with Gasteiger partial charge >= 0.3 is 25.0 Å². The molecule has 0 aliphatic heterocycles. The second kappa shape index (κ2) is 6.09. The zero-order valence-corrected chi connectivity index (χ0v) is 9.24. The smallest absolute Gasteiger partial charge is 0.543 e. The van der Waals surface area contributed by atoms with E-state index in [9.17, 15) is 23.1 Å². The number of hydrogen-bond donors (Lipinski definition) is 0. The zero-order valence-electron chi connectivity index (χ0n) is 9.24. The monoisotopic (exact) mass is 244 g/mol. The summed E-state index contributed by atoms with van der Waals surface area (Å²) in [5.74, 6) is -1.45. The van der Waals surface area contributed by atoms with Crippen LogP contribution in [0.15, 0.2) is 6.07 Å². The van der Waals surface area contributed by atoms with Crippen LogP contribution in [0, 0.1) is 0 Å². The van der Waals surface area contributed by atoms with Crippen molar-refractivity contribution in [3.63, 3.8) is 0 Å². The molecule has 1 heterocycles. The van der Waals surface area contributed by atoms with Gasteiger partial charge in [-0.05, 0) is 6.07 Å². The average molecular weight is 244 g/mol. The molecule has 90 valence electrons. The maximum atomic E-state index is 11.7. The molecule has 9 heteroatoms. The number of aryl methyl sites for hydroxylation is 1. The van der Waals surface area contributed by atoms with Crippen LogP contribution in [-0.2, 0) is 18.4 Å². The summed E-state index contributed by atoms with van der Waals surface area (Å²) in [6.45, 7) is -1.80. The molecule has 0 saturated heterocycles. The van der Waals surface area contributed by atoms with Crippen molar-refractivity contribution in [1.29, 1.82) is 0 Å². The van der Waals surface area contributed by atoms with E-state index in [2.05, 4.69) is 9.84 Å². The first kappa shape index (κ1) is 16.0. The fourth-order valence-corrected chi connectivity index (χ4v) is 1.06. The molecule has 0 unspecified atom stereocenters. The molecule has 0 atom stereocenters. The second-order valence-electron chi connectivity index (χ2n) is 3.04. The molecule has 5 nitrogen and oxygen atoms in total. The van der Waals surface area contributed by atoms with E-state index >= 15 is 0 Å². The van der Waals surface area contributed by atoms with Crippen LogP contribution in [-0.4, -0.2) is 28.5 Å². The van der Waals surface area contributed by atoms with Crippen molar-refractivity contribution in [3.05, 3.63) is 17.5 Å². The third-order valence-electron chi connectivity index (χ3n) is 1.66. The molecule has 17 heavy (non-hydrogen) atoms. The van der Waals surface area contributed by atoms with Gasteiger partial charge in [0.05, 0.1) is 24.0 Å². The van der Waals surface area contributed by atoms with Crippen molar-refractivity contribution in [2.75, 3.05) is 6.61 Å². The molecule has 0 saturated carbocycles. The minimum Gasteiger partial charge on any atom is -0.543 e. The predicted octanol–water partition coefficient (Wildman–Crippen LogP) is -3.13. The minimum atomic E-state index is -4.41. The molecule has 1 aromatic heterocycles. The molecule has 0 aromatic carbocycles. The van der Waals surface area contributed by atoms with Gasteiger partial charge in [-0.25, -0.2) is 0 Å². The van der Waals surface area contributed by atoms with Gasteiger partial charge in [0.1, 0.15) is 6.61 Å². The number of rotatable bonds is 4. The number of alkyl halides is 3. The molecule has 0 aliphatic carbocycles. The van der Waals surface area contributed by atoms with Crippen LogP contribution >= 0.6 is 0 Å². The number of carboxylic acid groups (broad SMARTS) is 1. The number of nitrogens with zero attached hydrogens (tertiary/aromatic N) is 2. The number of aromatic nitrogens is 2. The standard InChI is InChI=1S/C8H9F3N2O3.Li/c1-13-6(7(14)15)2-5(12-13)3-16-4-8(9,10)11;/h2H,3-4H2,1H3,(H,14,15);/q;+1/p-1. The maximum absolute atomic E-state index is 11.7. The number of carbonyl (C=O) groups excluding carboxylic acids is 1. The zero-order chi connectivity index (χ0) is 12.3. The van der Waals surface area contributed by atoms with E-state index in [1.54, 1.807) is 0 Å². The summed E-state index contributed by atoms with van der Waals surface area (Å²) in [7, 11) is 1.35. The molecule has 0 radical (unpaired) electrons.